The third-order valence-electron chi connectivity index (χ3n) is 2.47. The van der Waals surface area contributed by atoms with Crippen molar-refractivity contribution in [2.24, 2.45) is 5.41 Å². The number of hydrogen-bond donors (Lipinski definition) is 1. The van der Waals surface area contributed by atoms with Crippen LogP contribution in [0.2, 0.25) is 0 Å². The molecule has 1 aromatic rings. The zero-order valence-corrected chi connectivity index (χ0v) is 12.5. The van der Waals surface area contributed by atoms with Gasteiger partial charge in [-0.05, 0) is 23.3 Å². The molecule has 1 heterocycles. The van der Waals surface area contributed by atoms with Gasteiger partial charge in [-0.2, -0.15) is 0 Å². The molecule has 0 spiro atoms. The molecule has 0 saturated heterocycles. The summed E-state index contributed by atoms with van der Waals surface area (Å²) in [5, 5.41) is 4.54. The number of hydrogen-bond acceptors (Lipinski definition) is 4. The molecule has 1 N–H and O–H groups in total. The molecule has 19 heavy (non-hydrogen) atoms. The molecule has 0 bridgehead atoms. The Bertz CT molecular complexity index is 407. The van der Waals surface area contributed by atoms with Crippen molar-refractivity contribution in [1.29, 1.82) is 0 Å². The van der Waals surface area contributed by atoms with Crippen LogP contribution >= 0.6 is 11.3 Å². The number of amides is 1. The number of nitrogens with one attached hydrogen (secondary N) is 1. The third-order valence-corrected chi connectivity index (χ3v) is 3.34. The summed E-state index contributed by atoms with van der Waals surface area (Å²) in [7, 11) is 0. The van der Waals surface area contributed by atoms with Crippen LogP contribution in [0.15, 0.2) is 17.5 Å². The normalized spacial score (nSPS) is 11.1. The van der Waals surface area contributed by atoms with Crippen LogP contribution in [-0.4, -0.2) is 25.0 Å². The minimum atomic E-state index is -0.268. The van der Waals surface area contributed by atoms with Gasteiger partial charge in [0.2, 0.25) is 0 Å². The van der Waals surface area contributed by atoms with Crippen LogP contribution in [0.5, 0.6) is 0 Å². The Kier molecular flexibility index (Phi) is 6.02. The van der Waals surface area contributed by atoms with Gasteiger partial charge in [-0.1, -0.05) is 26.8 Å². The Labute approximate surface area is 118 Å². The largest absolute Gasteiger partial charge is 0.466 e. The Morgan fingerprint density at radius 3 is 2.68 bits per heavy atom. The molecular weight excluding hydrogens is 262 g/mol. The molecule has 0 atom stereocenters. The first-order chi connectivity index (χ1) is 8.88. The van der Waals surface area contributed by atoms with E-state index in [1.54, 1.807) is 6.07 Å². The van der Waals surface area contributed by atoms with Crippen molar-refractivity contribution in [2.45, 2.75) is 33.6 Å². The molecule has 0 fully saturated rings. The molecule has 0 unspecified atom stereocenters. The molecule has 106 valence electrons. The average molecular weight is 283 g/mol. The van der Waals surface area contributed by atoms with E-state index in [1.165, 1.54) is 11.3 Å². The molecule has 4 nitrogen and oxygen atoms in total. The highest BCUT2D eigenvalue weighted by atomic mass is 32.1. The standard InChI is InChI=1S/C14H21NO3S/c1-14(2,3)7-9-18-12(16)6-8-15-13(17)11-5-4-10-19-11/h4-5,10H,6-9H2,1-3H3,(H,15,17). The summed E-state index contributed by atoms with van der Waals surface area (Å²) < 4.78 is 5.10. The molecule has 1 amide bonds. The summed E-state index contributed by atoms with van der Waals surface area (Å²) in [5.74, 6) is -0.409. The zero-order valence-electron chi connectivity index (χ0n) is 11.7. The van der Waals surface area contributed by atoms with Crippen molar-refractivity contribution >= 4 is 23.2 Å². The van der Waals surface area contributed by atoms with E-state index in [4.69, 9.17) is 4.74 Å². The maximum Gasteiger partial charge on any atom is 0.307 e. The van der Waals surface area contributed by atoms with Gasteiger partial charge in [0, 0.05) is 6.54 Å². The van der Waals surface area contributed by atoms with E-state index in [0.717, 1.165) is 6.42 Å². The van der Waals surface area contributed by atoms with Crippen LogP contribution in [0.25, 0.3) is 0 Å². The Morgan fingerprint density at radius 2 is 2.11 bits per heavy atom. The summed E-state index contributed by atoms with van der Waals surface area (Å²) in [6.45, 7) is 7.04. The van der Waals surface area contributed by atoms with Crippen molar-refractivity contribution in [2.75, 3.05) is 13.2 Å². The fourth-order valence-corrected chi connectivity index (χ4v) is 1.96. The Hall–Kier alpha value is -1.36. The number of ether oxygens (including phenoxy) is 1. The second kappa shape index (κ2) is 7.28. The first-order valence-electron chi connectivity index (χ1n) is 6.36. The number of esters is 1. The number of thiophene rings is 1. The lowest BCUT2D eigenvalue weighted by atomic mass is 9.93. The lowest BCUT2D eigenvalue weighted by Gasteiger charge is -2.17. The quantitative estimate of drug-likeness (QED) is 0.817. The van der Waals surface area contributed by atoms with E-state index < -0.39 is 0 Å². The summed E-state index contributed by atoms with van der Waals surface area (Å²) in [6.07, 6.45) is 1.04. The second-order valence-corrected chi connectivity index (χ2v) is 6.46. The molecular formula is C14H21NO3S. The molecule has 5 heteroatoms. The van der Waals surface area contributed by atoms with Gasteiger partial charge in [0.1, 0.15) is 0 Å². The van der Waals surface area contributed by atoms with E-state index in [9.17, 15) is 9.59 Å². The number of carbonyl (C=O) groups is 2. The molecule has 0 saturated carbocycles. The van der Waals surface area contributed by atoms with Gasteiger partial charge in [0.15, 0.2) is 0 Å². The van der Waals surface area contributed by atoms with E-state index in [2.05, 4.69) is 26.1 Å². The van der Waals surface area contributed by atoms with Crippen molar-refractivity contribution in [1.82, 2.24) is 5.32 Å². The van der Waals surface area contributed by atoms with Crippen LogP contribution < -0.4 is 5.32 Å². The topological polar surface area (TPSA) is 55.4 Å². The smallest absolute Gasteiger partial charge is 0.307 e. The zero-order chi connectivity index (χ0) is 14.3. The fraction of sp³-hybridized carbons (Fsp3) is 0.571. The predicted octanol–water partition coefficient (Wildman–Crippen LogP) is 2.85. The molecule has 1 rings (SSSR count). The van der Waals surface area contributed by atoms with Crippen LogP contribution in [0.3, 0.4) is 0 Å². The highest BCUT2D eigenvalue weighted by molar-refractivity contribution is 7.12. The van der Waals surface area contributed by atoms with Gasteiger partial charge in [-0.15, -0.1) is 11.3 Å². The van der Waals surface area contributed by atoms with E-state index in [1.807, 2.05) is 11.4 Å². The highest BCUT2D eigenvalue weighted by Crippen LogP contribution is 2.17. The van der Waals surface area contributed by atoms with E-state index >= 15 is 0 Å². The minimum Gasteiger partial charge on any atom is -0.466 e. The first kappa shape index (κ1) is 15.7. The van der Waals surface area contributed by atoms with Crippen molar-refractivity contribution in [3.05, 3.63) is 22.4 Å². The monoisotopic (exact) mass is 283 g/mol. The minimum absolute atomic E-state index is 0.141. The molecule has 0 aliphatic rings. The number of rotatable bonds is 6. The second-order valence-electron chi connectivity index (χ2n) is 5.51. The maximum atomic E-state index is 11.6. The van der Waals surface area contributed by atoms with Crippen molar-refractivity contribution in [3.63, 3.8) is 0 Å². The van der Waals surface area contributed by atoms with Crippen molar-refractivity contribution < 1.29 is 14.3 Å². The lowest BCUT2D eigenvalue weighted by molar-refractivity contribution is -0.144. The van der Waals surface area contributed by atoms with Gasteiger partial charge in [-0.3, -0.25) is 9.59 Å². The number of carbonyl (C=O) groups excluding carboxylic acids is 2. The van der Waals surface area contributed by atoms with E-state index in [-0.39, 0.29) is 23.7 Å². The third kappa shape index (κ3) is 6.96. The van der Waals surface area contributed by atoms with Crippen LogP contribution in [0, 0.1) is 5.41 Å². The van der Waals surface area contributed by atoms with Crippen LogP contribution in [-0.2, 0) is 9.53 Å². The first-order valence-corrected chi connectivity index (χ1v) is 7.24. The van der Waals surface area contributed by atoms with Crippen LogP contribution in [0.4, 0.5) is 0 Å². The van der Waals surface area contributed by atoms with Gasteiger partial charge >= 0.3 is 5.97 Å². The Morgan fingerprint density at radius 1 is 1.37 bits per heavy atom. The molecule has 0 aliphatic heterocycles. The summed E-state index contributed by atoms with van der Waals surface area (Å²) in [6, 6.07) is 3.57. The lowest BCUT2D eigenvalue weighted by Crippen LogP contribution is -2.26. The SMILES string of the molecule is CC(C)(C)CCOC(=O)CCNC(=O)c1cccs1. The van der Waals surface area contributed by atoms with Gasteiger partial charge < -0.3 is 10.1 Å². The molecule has 0 aliphatic carbocycles. The highest BCUT2D eigenvalue weighted by Gasteiger charge is 2.12. The summed E-state index contributed by atoms with van der Waals surface area (Å²) >= 11 is 1.38. The Balaban J connectivity index is 2.12. The molecule has 0 aromatic carbocycles. The summed E-state index contributed by atoms with van der Waals surface area (Å²) in [5.41, 5.74) is 0.160. The molecule has 1 aromatic heterocycles. The van der Waals surface area contributed by atoms with E-state index in [0.29, 0.717) is 18.0 Å². The van der Waals surface area contributed by atoms with Gasteiger partial charge in [0.25, 0.3) is 5.91 Å². The molecule has 0 radical (unpaired) electrons. The summed E-state index contributed by atoms with van der Waals surface area (Å²) in [4.78, 5) is 23.7. The van der Waals surface area contributed by atoms with Crippen molar-refractivity contribution in [3.8, 4) is 0 Å². The average Bonchev–Trinajstić information content (AvgIpc) is 2.80. The maximum absolute atomic E-state index is 11.6. The van der Waals surface area contributed by atoms with Gasteiger partial charge in [-0.25, -0.2) is 0 Å². The fourth-order valence-electron chi connectivity index (χ4n) is 1.32. The van der Waals surface area contributed by atoms with Gasteiger partial charge in [0.05, 0.1) is 17.9 Å². The van der Waals surface area contributed by atoms with Crippen LogP contribution in [0.1, 0.15) is 43.3 Å². The predicted molar refractivity (Wildman–Crippen MR) is 76.3 cm³/mol.